The van der Waals surface area contributed by atoms with Crippen molar-refractivity contribution >= 4 is 17.7 Å². The maximum absolute atomic E-state index is 12.4. The molecule has 0 radical (unpaired) electrons. The van der Waals surface area contributed by atoms with Crippen molar-refractivity contribution in [3.63, 3.8) is 0 Å². The number of methoxy groups -OCH3 is 1. The molecule has 0 saturated carbocycles. The molecule has 0 aliphatic carbocycles. The number of likely N-dealkylation sites (tertiary alicyclic amines) is 1. The molecule has 0 bridgehead atoms. The van der Waals surface area contributed by atoms with Crippen LogP contribution in [-0.4, -0.2) is 75.5 Å². The lowest BCUT2D eigenvalue weighted by molar-refractivity contribution is 0.0168. The smallest absolute Gasteiger partial charge is 0.410 e. The third kappa shape index (κ3) is 6.68. The number of rotatable bonds is 5. The molecule has 2 fully saturated rings. The summed E-state index contributed by atoms with van der Waals surface area (Å²) >= 11 is 0. The van der Waals surface area contributed by atoms with Crippen LogP contribution in [0.3, 0.4) is 0 Å². The number of hydrogen-bond acceptors (Lipinski definition) is 5. The van der Waals surface area contributed by atoms with E-state index in [-0.39, 0.29) is 6.09 Å². The highest BCUT2D eigenvalue weighted by Crippen LogP contribution is 2.30. The van der Waals surface area contributed by atoms with Gasteiger partial charge in [-0.05, 0) is 58.1 Å². The number of nitrogens with zero attached hydrogens (tertiary/aromatic N) is 3. The second kappa shape index (κ2) is 10.8. The van der Waals surface area contributed by atoms with E-state index in [1.807, 2.05) is 43.9 Å². The molecule has 178 valence electrons. The van der Waals surface area contributed by atoms with Crippen LogP contribution in [0.1, 0.15) is 40.0 Å². The largest absolute Gasteiger partial charge is 0.495 e. The van der Waals surface area contributed by atoms with Gasteiger partial charge in [0.05, 0.1) is 12.8 Å². The lowest BCUT2D eigenvalue weighted by Gasteiger charge is -2.34. The Labute approximate surface area is 192 Å². The fourth-order valence-corrected chi connectivity index (χ4v) is 4.34. The first-order chi connectivity index (χ1) is 15.3. The van der Waals surface area contributed by atoms with E-state index in [1.165, 1.54) is 0 Å². The fraction of sp³-hybridized carbons (Fsp3) is 0.667. The van der Waals surface area contributed by atoms with Gasteiger partial charge in [0.1, 0.15) is 11.4 Å². The Balaban J connectivity index is 1.46. The summed E-state index contributed by atoms with van der Waals surface area (Å²) in [5.41, 5.74) is 0.666. The molecule has 8 nitrogen and oxygen atoms in total. The molecular formula is C24H39N5O3. The van der Waals surface area contributed by atoms with Gasteiger partial charge >= 0.3 is 6.09 Å². The number of para-hydroxylation sites is 2. The molecular weight excluding hydrogens is 406 g/mol. The van der Waals surface area contributed by atoms with E-state index in [1.54, 1.807) is 14.2 Å². The van der Waals surface area contributed by atoms with Gasteiger partial charge in [0.25, 0.3) is 0 Å². The number of carbonyl (C=O) groups excluding carboxylic acids is 1. The van der Waals surface area contributed by atoms with E-state index in [9.17, 15) is 4.79 Å². The van der Waals surface area contributed by atoms with Crippen molar-refractivity contribution in [2.24, 2.45) is 10.9 Å². The molecule has 2 aliphatic rings. The summed E-state index contributed by atoms with van der Waals surface area (Å²) in [6.45, 7) is 9.84. The highest BCUT2D eigenvalue weighted by Gasteiger charge is 2.28. The molecule has 2 unspecified atom stereocenters. The summed E-state index contributed by atoms with van der Waals surface area (Å²) in [6.07, 6.45) is 2.91. The summed E-state index contributed by atoms with van der Waals surface area (Å²) < 4.78 is 11.1. The second-order valence-electron chi connectivity index (χ2n) is 9.64. The highest BCUT2D eigenvalue weighted by molar-refractivity contribution is 5.80. The summed E-state index contributed by atoms with van der Waals surface area (Å²) in [6, 6.07) is 8.46. The number of nitrogens with one attached hydrogen (secondary N) is 2. The van der Waals surface area contributed by atoms with E-state index in [0.29, 0.717) is 18.5 Å². The van der Waals surface area contributed by atoms with E-state index in [2.05, 4.69) is 26.6 Å². The van der Waals surface area contributed by atoms with Gasteiger partial charge in [0.15, 0.2) is 5.96 Å². The van der Waals surface area contributed by atoms with Gasteiger partial charge in [-0.25, -0.2) is 4.79 Å². The standard InChI is InChI=1S/C24H39N5O3/c1-24(2,3)32-23(30)29-13-8-9-18(16-29)15-26-22(25-4)27-19-12-14-28(17-19)20-10-6-7-11-21(20)31-5/h6-7,10-11,18-19H,8-9,12-17H2,1-5H3,(H2,25,26,27). The van der Waals surface area contributed by atoms with Crippen LogP contribution < -0.4 is 20.3 Å². The van der Waals surface area contributed by atoms with Crippen LogP contribution in [0.5, 0.6) is 5.75 Å². The molecule has 2 saturated heterocycles. The number of benzene rings is 1. The first kappa shape index (κ1) is 24.0. The maximum Gasteiger partial charge on any atom is 0.410 e. The van der Waals surface area contributed by atoms with Crippen LogP contribution in [0.2, 0.25) is 0 Å². The van der Waals surface area contributed by atoms with Crippen molar-refractivity contribution in [1.82, 2.24) is 15.5 Å². The topological polar surface area (TPSA) is 78.4 Å². The van der Waals surface area contributed by atoms with Crippen molar-refractivity contribution in [1.29, 1.82) is 0 Å². The predicted molar refractivity (Wildman–Crippen MR) is 129 cm³/mol. The Kier molecular flexibility index (Phi) is 8.10. The van der Waals surface area contributed by atoms with Crippen LogP contribution in [-0.2, 0) is 4.74 Å². The van der Waals surface area contributed by atoms with Gasteiger partial charge in [-0.2, -0.15) is 0 Å². The summed E-state index contributed by atoms with van der Waals surface area (Å²) in [5.74, 6) is 2.09. The highest BCUT2D eigenvalue weighted by atomic mass is 16.6. The average molecular weight is 446 g/mol. The van der Waals surface area contributed by atoms with Crippen molar-refractivity contribution < 1.29 is 14.3 Å². The zero-order valence-electron chi connectivity index (χ0n) is 20.2. The van der Waals surface area contributed by atoms with Gasteiger partial charge in [-0.1, -0.05) is 12.1 Å². The summed E-state index contributed by atoms with van der Waals surface area (Å²) in [5, 5.41) is 7.03. The van der Waals surface area contributed by atoms with Crippen molar-refractivity contribution in [2.45, 2.75) is 51.7 Å². The third-order valence-electron chi connectivity index (χ3n) is 5.91. The Hall–Kier alpha value is -2.64. The molecule has 1 amide bonds. The van der Waals surface area contributed by atoms with Crippen molar-refractivity contribution in [3.8, 4) is 5.75 Å². The van der Waals surface area contributed by atoms with E-state index < -0.39 is 5.60 Å². The number of hydrogen-bond donors (Lipinski definition) is 2. The molecule has 1 aromatic carbocycles. The van der Waals surface area contributed by atoms with Gasteiger partial charge in [-0.3, -0.25) is 4.99 Å². The number of piperidine rings is 1. The molecule has 2 aliphatic heterocycles. The number of guanidine groups is 1. The fourth-order valence-electron chi connectivity index (χ4n) is 4.34. The molecule has 32 heavy (non-hydrogen) atoms. The van der Waals surface area contributed by atoms with Crippen LogP contribution >= 0.6 is 0 Å². The number of amides is 1. The van der Waals surface area contributed by atoms with Crippen molar-refractivity contribution in [2.75, 3.05) is 51.8 Å². The Morgan fingerprint density at radius 1 is 1.19 bits per heavy atom. The molecule has 0 aromatic heterocycles. The van der Waals surface area contributed by atoms with E-state index in [0.717, 1.165) is 62.8 Å². The van der Waals surface area contributed by atoms with Crippen LogP contribution in [0.25, 0.3) is 0 Å². The molecule has 2 atom stereocenters. The van der Waals surface area contributed by atoms with E-state index in [4.69, 9.17) is 9.47 Å². The molecule has 0 spiro atoms. The number of carbonyl (C=O) groups is 1. The summed E-state index contributed by atoms with van der Waals surface area (Å²) in [4.78, 5) is 21.0. The number of aliphatic imine (C=N–C) groups is 1. The molecule has 8 heteroatoms. The van der Waals surface area contributed by atoms with E-state index >= 15 is 0 Å². The normalized spacial score (nSPS) is 22.0. The van der Waals surface area contributed by atoms with Crippen LogP contribution in [0.4, 0.5) is 10.5 Å². The van der Waals surface area contributed by atoms with Crippen molar-refractivity contribution in [3.05, 3.63) is 24.3 Å². The Bertz CT molecular complexity index is 792. The summed E-state index contributed by atoms with van der Waals surface area (Å²) in [7, 11) is 3.52. The zero-order chi connectivity index (χ0) is 23.1. The lowest BCUT2D eigenvalue weighted by atomic mass is 9.98. The molecule has 2 N–H and O–H groups in total. The molecule has 2 heterocycles. The number of anilines is 1. The number of ether oxygens (including phenoxy) is 2. The maximum atomic E-state index is 12.4. The zero-order valence-corrected chi connectivity index (χ0v) is 20.2. The van der Waals surface area contributed by atoms with Crippen LogP contribution in [0, 0.1) is 5.92 Å². The molecule has 3 rings (SSSR count). The first-order valence-corrected chi connectivity index (χ1v) is 11.6. The van der Waals surface area contributed by atoms with Gasteiger partial charge in [-0.15, -0.1) is 0 Å². The minimum Gasteiger partial charge on any atom is -0.495 e. The lowest BCUT2D eigenvalue weighted by Crippen LogP contribution is -2.49. The van der Waals surface area contributed by atoms with Crippen LogP contribution in [0.15, 0.2) is 29.3 Å². The SMILES string of the molecule is CN=C(NCC1CCCN(C(=O)OC(C)(C)C)C1)NC1CCN(c2ccccc2OC)C1. The first-order valence-electron chi connectivity index (χ1n) is 11.6. The predicted octanol–water partition coefficient (Wildman–Crippen LogP) is 3.09. The molecule has 1 aromatic rings. The van der Waals surface area contributed by atoms with Gasteiger partial charge in [0, 0.05) is 45.8 Å². The minimum absolute atomic E-state index is 0.216. The average Bonchev–Trinajstić information content (AvgIpc) is 3.24. The Morgan fingerprint density at radius 2 is 1.97 bits per heavy atom. The second-order valence-corrected chi connectivity index (χ2v) is 9.64. The Morgan fingerprint density at radius 3 is 2.69 bits per heavy atom. The minimum atomic E-state index is -0.465. The third-order valence-corrected chi connectivity index (χ3v) is 5.91. The van der Waals surface area contributed by atoms with Gasteiger partial charge < -0.3 is 29.9 Å². The monoisotopic (exact) mass is 445 g/mol. The van der Waals surface area contributed by atoms with Gasteiger partial charge in [0.2, 0.25) is 0 Å². The quantitative estimate of drug-likeness (QED) is 0.536.